The van der Waals surface area contributed by atoms with Crippen LogP contribution in [-0.4, -0.2) is 37.1 Å². The van der Waals surface area contributed by atoms with Crippen molar-refractivity contribution in [2.24, 2.45) is 0 Å². The summed E-state index contributed by atoms with van der Waals surface area (Å²) >= 11 is 0. The van der Waals surface area contributed by atoms with Gasteiger partial charge < -0.3 is 14.8 Å². The van der Waals surface area contributed by atoms with Gasteiger partial charge in [-0.2, -0.15) is 0 Å². The van der Waals surface area contributed by atoms with Crippen molar-refractivity contribution in [2.45, 2.75) is 39.8 Å². The lowest BCUT2D eigenvalue weighted by atomic mass is 9.98. The summed E-state index contributed by atoms with van der Waals surface area (Å²) in [6, 6.07) is 14.2. The van der Waals surface area contributed by atoms with Crippen LogP contribution in [0.5, 0.6) is 11.5 Å². The molecule has 0 fully saturated rings. The van der Waals surface area contributed by atoms with Crippen LogP contribution < -0.4 is 14.8 Å². The first-order chi connectivity index (χ1) is 13.6. The van der Waals surface area contributed by atoms with Crippen LogP contribution in [0.25, 0.3) is 0 Å². The highest BCUT2D eigenvalue weighted by atomic mass is 16.5. The van der Waals surface area contributed by atoms with Crippen molar-refractivity contribution < 1.29 is 14.3 Å². The predicted octanol–water partition coefficient (Wildman–Crippen LogP) is 3.72. The van der Waals surface area contributed by atoms with E-state index in [0.29, 0.717) is 19.8 Å². The van der Waals surface area contributed by atoms with Crippen molar-refractivity contribution in [1.29, 1.82) is 0 Å². The molecule has 0 spiro atoms. The zero-order chi connectivity index (χ0) is 19.9. The number of benzene rings is 2. The second kappa shape index (κ2) is 9.60. The van der Waals surface area contributed by atoms with Gasteiger partial charge >= 0.3 is 0 Å². The molecule has 0 aromatic heterocycles. The van der Waals surface area contributed by atoms with Gasteiger partial charge in [-0.1, -0.05) is 30.3 Å². The lowest BCUT2D eigenvalue weighted by Gasteiger charge is -2.29. The molecule has 0 unspecified atom stereocenters. The summed E-state index contributed by atoms with van der Waals surface area (Å²) in [5, 5.41) is 3.10. The molecular weight excluding hydrogens is 352 g/mol. The number of amides is 1. The summed E-state index contributed by atoms with van der Waals surface area (Å²) in [6.07, 6.45) is 0.906. The monoisotopic (exact) mass is 382 g/mol. The third-order valence-corrected chi connectivity index (χ3v) is 5.00. The fourth-order valence-electron chi connectivity index (χ4n) is 3.61. The Morgan fingerprint density at radius 3 is 2.36 bits per heavy atom. The topological polar surface area (TPSA) is 50.8 Å². The van der Waals surface area contributed by atoms with Crippen LogP contribution in [0, 0.1) is 0 Å². The molecule has 5 nitrogen and oxygen atoms in total. The first-order valence-electron chi connectivity index (χ1n) is 10.1. The number of nitrogens with one attached hydrogen (secondary N) is 1. The van der Waals surface area contributed by atoms with Gasteiger partial charge in [0.05, 0.1) is 25.8 Å². The summed E-state index contributed by atoms with van der Waals surface area (Å²) in [7, 11) is 0. The molecule has 150 valence electrons. The van der Waals surface area contributed by atoms with Crippen LogP contribution in [0.4, 0.5) is 0 Å². The predicted molar refractivity (Wildman–Crippen MR) is 111 cm³/mol. The summed E-state index contributed by atoms with van der Waals surface area (Å²) in [6.45, 7) is 9.18. The molecule has 3 rings (SSSR count). The Kier molecular flexibility index (Phi) is 6.93. The number of hydrogen-bond acceptors (Lipinski definition) is 4. The molecule has 0 saturated carbocycles. The second-order valence-electron chi connectivity index (χ2n) is 7.09. The lowest BCUT2D eigenvalue weighted by molar-refractivity contribution is -0.123. The number of rotatable bonds is 8. The average molecular weight is 383 g/mol. The fourth-order valence-corrected chi connectivity index (χ4v) is 3.61. The molecule has 1 aliphatic rings. The maximum Gasteiger partial charge on any atom is 0.234 e. The van der Waals surface area contributed by atoms with Crippen molar-refractivity contribution in [3.8, 4) is 11.5 Å². The molecular formula is C23H30N2O3. The van der Waals surface area contributed by atoms with Gasteiger partial charge in [0.15, 0.2) is 11.5 Å². The molecule has 2 aromatic rings. The molecule has 1 N–H and O–H groups in total. The van der Waals surface area contributed by atoms with E-state index in [2.05, 4.69) is 22.3 Å². The van der Waals surface area contributed by atoms with Crippen LogP contribution in [-0.2, 0) is 17.8 Å². The highest BCUT2D eigenvalue weighted by Gasteiger charge is 2.22. The molecule has 0 saturated heterocycles. The summed E-state index contributed by atoms with van der Waals surface area (Å²) < 4.78 is 11.5. The van der Waals surface area contributed by atoms with E-state index in [-0.39, 0.29) is 11.9 Å². The summed E-state index contributed by atoms with van der Waals surface area (Å²) in [5.41, 5.74) is 3.60. The van der Waals surface area contributed by atoms with Gasteiger partial charge in [-0.25, -0.2) is 0 Å². The molecule has 1 aliphatic heterocycles. The van der Waals surface area contributed by atoms with E-state index in [9.17, 15) is 4.79 Å². The minimum Gasteiger partial charge on any atom is -0.490 e. The van der Waals surface area contributed by atoms with E-state index in [1.54, 1.807) is 0 Å². The molecule has 2 aromatic carbocycles. The van der Waals surface area contributed by atoms with Gasteiger partial charge in [-0.3, -0.25) is 9.69 Å². The molecule has 1 amide bonds. The van der Waals surface area contributed by atoms with Gasteiger partial charge in [-0.05, 0) is 56.0 Å². The standard InChI is InChI=1S/C23H30N2O3/c1-4-27-21-13-19-11-12-25(15-20(19)14-22(21)28-5-2)16-23(26)24-17(3)18-9-7-6-8-10-18/h6-10,13-14,17H,4-5,11-12,15-16H2,1-3H3,(H,24,26)/t17-/m1/s1. The number of hydrogen-bond donors (Lipinski definition) is 1. The zero-order valence-electron chi connectivity index (χ0n) is 17.0. The number of fused-ring (bicyclic) bond motifs is 1. The van der Waals surface area contributed by atoms with E-state index in [0.717, 1.165) is 36.6 Å². The van der Waals surface area contributed by atoms with E-state index in [1.165, 1.54) is 11.1 Å². The highest BCUT2D eigenvalue weighted by molar-refractivity contribution is 5.78. The summed E-state index contributed by atoms with van der Waals surface area (Å²) in [5.74, 6) is 1.65. The van der Waals surface area contributed by atoms with E-state index in [1.807, 2.05) is 51.1 Å². The molecule has 5 heteroatoms. The number of ether oxygens (including phenoxy) is 2. The van der Waals surface area contributed by atoms with Crippen LogP contribution in [0.2, 0.25) is 0 Å². The highest BCUT2D eigenvalue weighted by Crippen LogP contribution is 2.33. The average Bonchev–Trinajstić information content (AvgIpc) is 2.69. The zero-order valence-corrected chi connectivity index (χ0v) is 17.0. The third kappa shape index (κ3) is 5.04. The van der Waals surface area contributed by atoms with Crippen molar-refractivity contribution in [3.63, 3.8) is 0 Å². The van der Waals surface area contributed by atoms with Crippen LogP contribution in [0.15, 0.2) is 42.5 Å². The molecule has 1 atom stereocenters. The Morgan fingerprint density at radius 1 is 1.07 bits per heavy atom. The molecule has 1 heterocycles. The SMILES string of the molecule is CCOc1cc2c(cc1OCC)CN(CC(=O)N[C@H](C)c1ccccc1)CC2. The van der Waals surface area contributed by atoms with Gasteiger partial charge in [0, 0.05) is 13.1 Å². The molecule has 0 bridgehead atoms. The Labute approximate surface area is 167 Å². The summed E-state index contributed by atoms with van der Waals surface area (Å²) in [4.78, 5) is 14.7. The van der Waals surface area contributed by atoms with Crippen LogP contribution >= 0.6 is 0 Å². The van der Waals surface area contributed by atoms with E-state index >= 15 is 0 Å². The first kappa shape index (κ1) is 20.2. The van der Waals surface area contributed by atoms with Crippen LogP contribution in [0.3, 0.4) is 0 Å². The second-order valence-corrected chi connectivity index (χ2v) is 7.09. The molecule has 0 radical (unpaired) electrons. The molecule has 0 aliphatic carbocycles. The Morgan fingerprint density at radius 2 is 1.71 bits per heavy atom. The normalized spacial score (nSPS) is 14.8. The lowest BCUT2D eigenvalue weighted by Crippen LogP contribution is -2.40. The van der Waals surface area contributed by atoms with Crippen LogP contribution in [0.1, 0.15) is 43.5 Å². The number of carbonyl (C=O) groups is 1. The maximum absolute atomic E-state index is 12.5. The Balaban J connectivity index is 1.62. The van der Waals surface area contributed by atoms with E-state index < -0.39 is 0 Å². The largest absolute Gasteiger partial charge is 0.490 e. The smallest absolute Gasteiger partial charge is 0.234 e. The van der Waals surface area contributed by atoms with Gasteiger partial charge in [-0.15, -0.1) is 0 Å². The quantitative estimate of drug-likeness (QED) is 0.756. The molecule has 28 heavy (non-hydrogen) atoms. The fraction of sp³-hybridized carbons (Fsp3) is 0.435. The third-order valence-electron chi connectivity index (χ3n) is 5.00. The van der Waals surface area contributed by atoms with Crippen molar-refractivity contribution in [3.05, 3.63) is 59.2 Å². The Bertz CT molecular complexity index is 792. The van der Waals surface area contributed by atoms with Crippen molar-refractivity contribution in [1.82, 2.24) is 10.2 Å². The number of carbonyl (C=O) groups excluding carboxylic acids is 1. The minimum absolute atomic E-state index is 0.00378. The van der Waals surface area contributed by atoms with Gasteiger partial charge in [0.25, 0.3) is 0 Å². The van der Waals surface area contributed by atoms with Crippen molar-refractivity contribution >= 4 is 5.91 Å². The van der Waals surface area contributed by atoms with Gasteiger partial charge in [0.2, 0.25) is 5.91 Å². The maximum atomic E-state index is 12.5. The van der Waals surface area contributed by atoms with Gasteiger partial charge in [0.1, 0.15) is 0 Å². The first-order valence-corrected chi connectivity index (χ1v) is 10.1. The van der Waals surface area contributed by atoms with E-state index in [4.69, 9.17) is 9.47 Å². The Hall–Kier alpha value is -2.53. The minimum atomic E-state index is 0.00378. The van der Waals surface area contributed by atoms with Crippen molar-refractivity contribution in [2.75, 3.05) is 26.3 Å². The number of nitrogens with zero attached hydrogens (tertiary/aromatic N) is 1.